The van der Waals surface area contributed by atoms with Crippen LogP contribution in [0, 0.1) is 0 Å². The highest BCUT2D eigenvalue weighted by Gasteiger charge is 2.21. The van der Waals surface area contributed by atoms with Gasteiger partial charge in [0.1, 0.15) is 0 Å². The number of nitrogens with zero attached hydrogens (tertiary/aromatic N) is 1. The van der Waals surface area contributed by atoms with Crippen molar-refractivity contribution in [3.63, 3.8) is 0 Å². The molecular weight excluding hydrogens is 190 g/mol. The molecule has 0 bridgehead atoms. The van der Waals surface area contributed by atoms with Crippen molar-refractivity contribution >= 4 is 5.91 Å². The van der Waals surface area contributed by atoms with Crippen LogP contribution in [-0.2, 0) is 11.3 Å². The number of hydrogen-bond acceptors (Lipinski definition) is 3. The van der Waals surface area contributed by atoms with Gasteiger partial charge in [-0.15, -0.1) is 0 Å². The van der Waals surface area contributed by atoms with E-state index >= 15 is 0 Å². The first kappa shape index (κ1) is 10.1. The second-order valence-electron chi connectivity index (χ2n) is 3.69. The molecule has 0 aliphatic carbocycles. The summed E-state index contributed by atoms with van der Waals surface area (Å²) in [6.45, 7) is 1.46. The van der Waals surface area contributed by atoms with E-state index in [0.29, 0.717) is 6.54 Å². The van der Waals surface area contributed by atoms with Crippen LogP contribution in [0.3, 0.4) is 0 Å². The first-order valence-electron chi connectivity index (χ1n) is 5.27. The molecule has 1 aromatic heterocycles. The number of aromatic nitrogens is 1. The Balaban J connectivity index is 1.80. The van der Waals surface area contributed by atoms with Crippen molar-refractivity contribution in [1.82, 2.24) is 15.6 Å². The molecule has 2 heterocycles. The first-order valence-corrected chi connectivity index (χ1v) is 5.27. The van der Waals surface area contributed by atoms with Gasteiger partial charge in [0.2, 0.25) is 5.91 Å². The molecule has 1 aliphatic rings. The van der Waals surface area contributed by atoms with Gasteiger partial charge in [0.25, 0.3) is 0 Å². The molecule has 0 spiro atoms. The van der Waals surface area contributed by atoms with Crippen LogP contribution in [0.15, 0.2) is 24.4 Å². The average molecular weight is 205 g/mol. The van der Waals surface area contributed by atoms with Gasteiger partial charge in [0.15, 0.2) is 0 Å². The number of nitrogens with one attached hydrogen (secondary N) is 2. The van der Waals surface area contributed by atoms with Crippen LogP contribution in [0.1, 0.15) is 18.5 Å². The van der Waals surface area contributed by atoms with Crippen molar-refractivity contribution in [2.75, 3.05) is 6.54 Å². The fraction of sp³-hybridized carbons (Fsp3) is 0.455. The Morgan fingerprint density at radius 1 is 1.60 bits per heavy atom. The summed E-state index contributed by atoms with van der Waals surface area (Å²) in [6.07, 6.45) is 3.75. The van der Waals surface area contributed by atoms with Gasteiger partial charge in [-0.1, -0.05) is 6.07 Å². The Kier molecular flexibility index (Phi) is 3.29. The van der Waals surface area contributed by atoms with Crippen LogP contribution in [0.2, 0.25) is 0 Å². The number of pyridine rings is 1. The molecule has 80 valence electrons. The van der Waals surface area contributed by atoms with E-state index in [2.05, 4.69) is 15.6 Å². The predicted molar refractivity (Wildman–Crippen MR) is 57.1 cm³/mol. The molecule has 1 amide bonds. The van der Waals surface area contributed by atoms with Crippen molar-refractivity contribution in [3.05, 3.63) is 30.1 Å². The maximum atomic E-state index is 11.6. The number of carbonyl (C=O) groups excluding carboxylic acids is 1. The zero-order chi connectivity index (χ0) is 10.5. The summed E-state index contributed by atoms with van der Waals surface area (Å²) in [5.74, 6) is 0.0816. The van der Waals surface area contributed by atoms with E-state index in [4.69, 9.17) is 0 Å². The van der Waals surface area contributed by atoms with Crippen LogP contribution < -0.4 is 10.6 Å². The molecule has 4 nitrogen and oxygen atoms in total. The quantitative estimate of drug-likeness (QED) is 0.753. The van der Waals surface area contributed by atoms with E-state index in [1.165, 1.54) is 0 Å². The highest BCUT2D eigenvalue weighted by molar-refractivity contribution is 5.81. The molecular formula is C11H15N3O. The van der Waals surface area contributed by atoms with Gasteiger partial charge in [-0.3, -0.25) is 9.78 Å². The second kappa shape index (κ2) is 4.89. The van der Waals surface area contributed by atoms with Crippen LogP contribution in [-0.4, -0.2) is 23.5 Å². The SMILES string of the molecule is O=C(NCc1ccccn1)C1CCCN1. The van der Waals surface area contributed by atoms with Crippen molar-refractivity contribution in [1.29, 1.82) is 0 Å². The van der Waals surface area contributed by atoms with Crippen LogP contribution in [0.25, 0.3) is 0 Å². The van der Waals surface area contributed by atoms with E-state index in [-0.39, 0.29) is 11.9 Å². The molecule has 1 atom stereocenters. The summed E-state index contributed by atoms with van der Waals surface area (Å²) >= 11 is 0. The van der Waals surface area contributed by atoms with E-state index in [1.54, 1.807) is 6.20 Å². The maximum Gasteiger partial charge on any atom is 0.237 e. The van der Waals surface area contributed by atoms with Gasteiger partial charge in [0, 0.05) is 6.20 Å². The van der Waals surface area contributed by atoms with Gasteiger partial charge in [-0.05, 0) is 31.5 Å². The predicted octanol–water partition coefficient (Wildman–Crippen LogP) is 0.450. The fourth-order valence-corrected chi connectivity index (χ4v) is 1.71. The zero-order valence-corrected chi connectivity index (χ0v) is 8.57. The summed E-state index contributed by atoms with van der Waals surface area (Å²) in [5, 5.41) is 6.04. The first-order chi connectivity index (χ1) is 7.36. The minimum absolute atomic E-state index is 0.00582. The van der Waals surface area contributed by atoms with E-state index in [0.717, 1.165) is 25.1 Å². The molecule has 0 radical (unpaired) electrons. The number of rotatable bonds is 3. The van der Waals surface area contributed by atoms with Crippen molar-refractivity contribution < 1.29 is 4.79 Å². The third-order valence-electron chi connectivity index (χ3n) is 2.55. The number of amides is 1. The number of hydrogen-bond donors (Lipinski definition) is 2. The largest absolute Gasteiger partial charge is 0.349 e. The average Bonchev–Trinajstić information content (AvgIpc) is 2.81. The smallest absolute Gasteiger partial charge is 0.237 e. The third-order valence-corrected chi connectivity index (χ3v) is 2.55. The summed E-state index contributed by atoms with van der Waals surface area (Å²) in [5.41, 5.74) is 0.892. The van der Waals surface area contributed by atoms with Gasteiger partial charge in [0.05, 0.1) is 18.3 Å². The highest BCUT2D eigenvalue weighted by Crippen LogP contribution is 2.04. The molecule has 2 rings (SSSR count). The zero-order valence-electron chi connectivity index (χ0n) is 8.57. The van der Waals surface area contributed by atoms with Crippen LogP contribution in [0.5, 0.6) is 0 Å². The number of carbonyl (C=O) groups is 1. The van der Waals surface area contributed by atoms with Crippen molar-refractivity contribution in [3.8, 4) is 0 Å². The van der Waals surface area contributed by atoms with E-state index in [1.807, 2.05) is 18.2 Å². The molecule has 1 fully saturated rings. The minimum atomic E-state index is -0.00582. The van der Waals surface area contributed by atoms with Crippen molar-refractivity contribution in [2.24, 2.45) is 0 Å². The molecule has 1 unspecified atom stereocenters. The lowest BCUT2D eigenvalue weighted by molar-refractivity contribution is -0.122. The standard InChI is InChI=1S/C11H15N3O/c15-11(10-5-3-7-13-10)14-8-9-4-1-2-6-12-9/h1-2,4,6,10,13H,3,5,7-8H2,(H,14,15). The summed E-state index contributed by atoms with van der Waals surface area (Å²) in [7, 11) is 0. The van der Waals surface area contributed by atoms with Gasteiger partial charge in [-0.2, -0.15) is 0 Å². The molecule has 1 saturated heterocycles. The van der Waals surface area contributed by atoms with Crippen LogP contribution in [0.4, 0.5) is 0 Å². The second-order valence-corrected chi connectivity index (χ2v) is 3.69. The Hall–Kier alpha value is -1.42. The lowest BCUT2D eigenvalue weighted by Crippen LogP contribution is -2.40. The Morgan fingerprint density at radius 3 is 3.20 bits per heavy atom. The van der Waals surface area contributed by atoms with Crippen LogP contribution >= 0.6 is 0 Å². The molecule has 4 heteroatoms. The molecule has 1 aliphatic heterocycles. The lowest BCUT2D eigenvalue weighted by atomic mass is 10.2. The van der Waals surface area contributed by atoms with E-state index in [9.17, 15) is 4.79 Å². The topological polar surface area (TPSA) is 54.0 Å². The Bertz CT molecular complexity index is 320. The summed E-state index contributed by atoms with van der Waals surface area (Å²) < 4.78 is 0. The lowest BCUT2D eigenvalue weighted by Gasteiger charge is -2.10. The summed E-state index contributed by atoms with van der Waals surface area (Å²) in [4.78, 5) is 15.8. The Morgan fingerprint density at radius 2 is 2.53 bits per heavy atom. The Labute approximate surface area is 89.1 Å². The monoisotopic (exact) mass is 205 g/mol. The maximum absolute atomic E-state index is 11.6. The molecule has 2 N–H and O–H groups in total. The fourth-order valence-electron chi connectivity index (χ4n) is 1.71. The van der Waals surface area contributed by atoms with Gasteiger partial charge >= 0.3 is 0 Å². The molecule has 0 saturated carbocycles. The highest BCUT2D eigenvalue weighted by atomic mass is 16.2. The normalized spacial score (nSPS) is 20.1. The minimum Gasteiger partial charge on any atom is -0.349 e. The van der Waals surface area contributed by atoms with Gasteiger partial charge < -0.3 is 10.6 Å². The summed E-state index contributed by atoms with van der Waals surface area (Å²) in [6, 6.07) is 5.68. The molecule has 1 aromatic rings. The van der Waals surface area contributed by atoms with Gasteiger partial charge in [-0.25, -0.2) is 0 Å². The van der Waals surface area contributed by atoms with Crippen molar-refractivity contribution in [2.45, 2.75) is 25.4 Å². The molecule has 0 aromatic carbocycles. The van der Waals surface area contributed by atoms with E-state index < -0.39 is 0 Å². The third kappa shape index (κ3) is 2.76. The molecule has 15 heavy (non-hydrogen) atoms.